The highest BCUT2D eigenvalue weighted by molar-refractivity contribution is 5.71. The first-order chi connectivity index (χ1) is 7.60. The van der Waals surface area contributed by atoms with Crippen molar-refractivity contribution in [2.45, 2.75) is 20.0 Å². The number of methoxy groups -OCH3 is 1. The van der Waals surface area contributed by atoms with Crippen molar-refractivity contribution in [3.8, 4) is 5.75 Å². The van der Waals surface area contributed by atoms with Gasteiger partial charge in [-0.1, -0.05) is 6.07 Å². The molecule has 4 heteroatoms. The Kier molecular flexibility index (Phi) is 2.83. The van der Waals surface area contributed by atoms with Crippen molar-refractivity contribution in [2.75, 3.05) is 13.7 Å². The second kappa shape index (κ2) is 4.14. The molecule has 1 heterocycles. The van der Waals surface area contributed by atoms with Gasteiger partial charge >= 0.3 is 5.97 Å². The molecular weight excluding hydrogens is 206 g/mol. The third-order valence-electron chi connectivity index (χ3n) is 2.82. The van der Waals surface area contributed by atoms with Gasteiger partial charge in [-0.05, 0) is 24.1 Å². The number of ether oxygens (including phenoxy) is 1. The van der Waals surface area contributed by atoms with Gasteiger partial charge in [-0.25, -0.2) is 0 Å². The average Bonchev–Trinajstić information content (AvgIpc) is 2.60. The van der Waals surface area contributed by atoms with Gasteiger partial charge < -0.3 is 9.84 Å². The molecule has 0 saturated heterocycles. The maximum Gasteiger partial charge on any atom is 0.319 e. The van der Waals surface area contributed by atoms with Gasteiger partial charge in [0.25, 0.3) is 0 Å². The molecule has 1 aliphatic heterocycles. The van der Waals surface area contributed by atoms with Crippen LogP contribution in [0.4, 0.5) is 0 Å². The first kappa shape index (κ1) is 11.0. The van der Waals surface area contributed by atoms with Crippen molar-refractivity contribution in [1.29, 1.82) is 0 Å². The summed E-state index contributed by atoms with van der Waals surface area (Å²) in [6.45, 7) is 3.52. The van der Waals surface area contributed by atoms with Crippen LogP contribution in [0.1, 0.15) is 16.7 Å². The van der Waals surface area contributed by atoms with Crippen LogP contribution in [0.15, 0.2) is 12.1 Å². The van der Waals surface area contributed by atoms with Crippen molar-refractivity contribution < 1.29 is 14.6 Å². The zero-order chi connectivity index (χ0) is 11.7. The highest BCUT2D eigenvalue weighted by atomic mass is 16.5. The molecule has 0 unspecified atom stereocenters. The van der Waals surface area contributed by atoms with E-state index in [9.17, 15) is 9.90 Å². The lowest BCUT2D eigenvalue weighted by atomic mass is 10.1. The molecule has 86 valence electrons. The molecule has 0 aliphatic carbocycles. The molecule has 1 aromatic carbocycles. The van der Waals surface area contributed by atoms with E-state index in [1.54, 1.807) is 6.07 Å². The Bertz CT molecular complexity index is 429. The summed E-state index contributed by atoms with van der Waals surface area (Å²) in [5.41, 5.74) is 3.06. The van der Waals surface area contributed by atoms with E-state index in [1.807, 2.05) is 17.9 Å². The van der Waals surface area contributed by atoms with Gasteiger partial charge in [0.15, 0.2) is 0 Å². The normalized spacial score (nSPS) is 14.9. The van der Waals surface area contributed by atoms with Gasteiger partial charge in [-0.2, -0.15) is 0 Å². The molecule has 0 aromatic heterocycles. The molecule has 1 N–H and O–H groups in total. The van der Waals surface area contributed by atoms with E-state index in [-0.39, 0.29) is 12.5 Å². The van der Waals surface area contributed by atoms with Crippen LogP contribution in [-0.4, -0.2) is 29.6 Å². The molecule has 0 radical (unpaired) electrons. The summed E-state index contributed by atoms with van der Waals surface area (Å²) < 4.78 is 4.62. The number of nitrogens with zero attached hydrogens (tertiary/aromatic N) is 1. The number of hydrogen-bond donors (Lipinski definition) is 1. The number of phenolic OH excluding ortho intramolecular Hbond substituents is 1. The number of phenols is 1. The van der Waals surface area contributed by atoms with Gasteiger partial charge in [0.1, 0.15) is 5.75 Å². The highest BCUT2D eigenvalue weighted by Crippen LogP contribution is 2.31. The molecule has 1 aromatic rings. The lowest BCUT2D eigenvalue weighted by Crippen LogP contribution is -2.25. The van der Waals surface area contributed by atoms with Crippen molar-refractivity contribution in [3.63, 3.8) is 0 Å². The fourth-order valence-corrected chi connectivity index (χ4v) is 2.07. The van der Waals surface area contributed by atoms with Crippen LogP contribution in [0, 0.1) is 6.92 Å². The van der Waals surface area contributed by atoms with Crippen LogP contribution in [0.25, 0.3) is 0 Å². The second-order valence-electron chi connectivity index (χ2n) is 4.14. The van der Waals surface area contributed by atoms with Crippen LogP contribution in [0.3, 0.4) is 0 Å². The number of hydrogen-bond acceptors (Lipinski definition) is 4. The Hall–Kier alpha value is -1.55. The minimum atomic E-state index is -0.246. The predicted molar refractivity (Wildman–Crippen MR) is 59.0 cm³/mol. The molecule has 4 nitrogen and oxygen atoms in total. The first-order valence-electron chi connectivity index (χ1n) is 5.20. The smallest absolute Gasteiger partial charge is 0.319 e. The van der Waals surface area contributed by atoms with E-state index in [1.165, 1.54) is 7.11 Å². The van der Waals surface area contributed by atoms with Crippen molar-refractivity contribution in [1.82, 2.24) is 4.90 Å². The molecule has 2 rings (SSSR count). The summed E-state index contributed by atoms with van der Waals surface area (Å²) >= 11 is 0. The maximum absolute atomic E-state index is 11.1. The zero-order valence-electron chi connectivity index (χ0n) is 9.49. The van der Waals surface area contributed by atoms with Crippen LogP contribution < -0.4 is 0 Å². The Labute approximate surface area is 94.4 Å². The molecular formula is C12H15NO3. The van der Waals surface area contributed by atoms with Crippen LogP contribution in [0.5, 0.6) is 5.75 Å². The van der Waals surface area contributed by atoms with Crippen LogP contribution >= 0.6 is 0 Å². The number of aromatic hydroxyl groups is 1. The topological polar surface area (TPSA) is 49.8 Å². The van der Waals surface area contributed by atoms with Gasteiger partial charge in [0.05, 0.1) is 13.7 Å². The highest BCUT2D eigenvalue weighted by Gasteiger charge is 2.23. The molecule has 0 amide bonds. The Morgan fingerprint density at radius 3 is 2.94 bits per heavy atom. The molecule has 1 aliphatic rings. The average molecular weight is 221 g/mol. The quantitative estimate of drug-likeness (QED) is 0.762. The maximum atomic E-state index is 11.1. The molecule has 0 bridgehead atoms. The SMILES string of the molecule is COC(=O)CN1Cc2cc(C)cc(O)c2C1. The van der Waals surface area contributed by atoms with Crippen molar-refractivity contribution in [3.05, 3.63) is 28.8 Å². The van der Waals surface area contributed by atoms with E-state index in [2.05, 4.69) is 4.74 Å². The predicted octanol–water partition coefficient (Wildman–Crippen LogP) is 1.19. The number of benzene rings is 1. The van der Waals surface area contributed by atoms with E-state index in [4.69, 9.17) is 0 Å². The number of rotatable bonds is 2. The number of esters is 1. The molecule has 0 spiro atoms. The number of carbonyl (C=O) groups excluding carboxylic acids is 1. The lowest BCUT2D eigenvalue weighted by Gasteiger charge is -2.12. The fraction of sp³-hybridized carbons (Fsp3) is 0.417. The summed E-state index contributed by atoms with van der Waals surface area (Å²) in [5.74, 6) is 0.0754. The minimum absolute atomic E-state index is 0.246. The number of carbonyl (C=O) groups is 1. The Morgan fingerprint density at radius 2 is 2.25 bits per heavy atom. The van der Waals surface area contributed by atoms with E-state index in [0.717, 1.165) is 16.7 Å². The van der Waals surface area contributed by atoms with Gasteiger partial charge in [-0.15, -0.1) is 0 Å². The standard InChI is InChI=1S/C12H15NO3/c1-8-3-9-5-13(7-12(15)16-2)6-10(9)11(14)4-8/h3-4,14H,5-7H2,1-2H3. The molecule has 0 atom stereocenters. The van der Waals surface area contributed by atoms with Gasteiger partial charge in [0.2, 0.25) is 0 Å². The van der Waals surface area contributed by atoms with E-state index < -0.39 is 0 Å². The second-order valence-corrected chi connectivity index (χ2v) is 4.14. The number of fused-ring (bicyclic) bond motifs is 1. The third-order valence-corrected chi connectivity index (χ3v) is 2.82. The van der Waals surface area contributed by atoms with Gasteiger partial charge in [-0.3, -0.25) is 9.69 Å². The molecule has 0 fully saturated rings. The van der Waals surface area contributed by atoms with E-state index >= 15 is 0 Å². The first-order valence-corrected chi connectivity index (χ1v) is 5.20. The summed E-state index contributed by atoms with van der Waals surface area (Å²) in [7, 11) is 1.38. The van der Waals surface area contributed by atoms with E-state index in [0.29, 0.717) is 18.8 Å². The van der Waals surface area contributed by atoms with Crippen LogP contribution in [-0.2, 0) is 22.6 Å². The fourth-order valence-electron chi connectivity index (χ4n) is 2.07. The summed E-state index contributed by atoms with van der Waals surface area (Å²) in [6.07, 6.45) is 0. The van der Waals surface area contributed by atoms with Gasteiger partial charge in [0, 0.05) is 18.7 Å². The molecule has 0 saturated carbocycles. The summed E-state index contributed by atoms with van der Waals surface area (Å²) in [5, 5.41) is 9.78. The Balaban J connectivity index is 2.15. The summed E-state index contributed by atoms with van der Waals surface area (Å²) in [4.78, 5) is 13.1. The number of aryl methyl sites for hydroxylation is 1. The molecule has 16 heavy (non-hydrogen) atoms. The van der Waals surface area contributed by atoms with Crippen molar-refractivity contribution in [2.24, 2.45) is 0 Å². The minimum Gasteiger partial charge on any atom is -0.508 e. The largest absolute Gasteiger partial charge is 0.508 e. The third kappa shape index (κ3) is 2.02. The monoisotopic (exact) mass is 221 g/mol. The zero-order valence-corrected chi connectivity index (χ0v) is 9.49. The Morgan fingerprint density at radius 1 is 1.50 bits per heavy atom. The van der Waals surface area contributed by atoms with Crippen LogP contribution in [0.2, 0.25) is 0 Å². The van der Waals surface area contributed by atoms with Crippen molar-refractivity contribution >= 4 is 5.97 Å². The lowest BCUT2D eigenvalue weighted by molar-refractivity contribution is -0.142. The summed E-state index contributed by atoms with van der Waals surface area (Å²) in [6, 6.07) is 3.80.